The van der Waals surface area contributed by atoms with E-state index in [4.69, 9.17) is 4.74 Å². The Balaban J connectivity index is 2.66. The second kappa shape index (κ2) is 5.70. The lowest BCUT2D eigenvalue weighted by molar-refractivity contribution is 0.0696. The Kier molecular flexibility index (Phi) is 4.55. The molecule has 0 saturated carbocycles. The van der Waals surface area contributed by atoms with Gasteiger partial charge in [-0.25, -0.2) is 4.98 Å². The third-order valence-corrected chi connectivity index (χ3v) is 2.47. The minimum Gasteiger partial charge on any atom is -0.490 e. The summed E-state index contributed by atoms with van der Waals surface area (Å²) in [7, 11) is 0. The summed E-state index contributed by atoms with van der Waals surface area (Å²) in [5.74, 6) is 1.40. The average Bonchev–Trinajstić information content (AvgIpc) is 2.28. The Morgan fingerprint density at radius 3 is 2.88 bits per heavy atom. The topological polar surface area (TPSA) is 54.4 Å². The van der Waals surface area contributed by atoms with Gasteiger partial charge in [0, 0.05) is 12.7 Å². The van der Waals surface area contributed by atoms with Crippen LogP contribution in [-0.4, -0.2) is 28.8 Å². The maximum absolute atomic E-state index is 9.87. The largest absolute Gasteiger partial charge is 0.490 e. The molecule has 1 aromatic rings. The van der Waals surface area contributed by atoms with Crippen molar-refractivity contribution in [1.29, 1.82) is 0 Å². The van der Waals surface area contributed by atoms with Gasteiger partial charge in [-0.2, -0.15) is 0 Å². The smallest absolute Gasteiger partial charge is 0.168 e. The summed E-state index contributed by atoms with van der Waals surface area (Å²) >= 11 is 0. The Hall–Kier alpha value is -1.29. The molecule has 0 radical (unpaired) electrons. The number of pyridine rings is 1. The van der Waals surface area contributed by atoms with E-state index in [9.17, 15) is 5.11 Å². The molecule has 0 saturated heterocycles. The molecule has 4 heteroatoms. The predicted octanol–water partition coefficient (Wildman–Crippen LogP) is 2.05. The van der Waals surface area contributed by atoms with Crippen LogP contribution in [0.1, 0.15) is 27.2 Å². The number of rotatable bonds is 6. The van der Waals surface area contributed by atoms with Crippen LogP contribution < -0.4 is 10.1 Å². The lowest BCUT2D eigenvalue weighted by Gasteiger charge is -2.22. The second-order valence-corrected chi connectivity index (χ2v) is 3.99. The lowest BCUT2D eigenvalue weighted by Crippen LogP contribution is -2.32. The zero-order valence-corrected chi connectivity index (χ0v) is 10.2. The molecule has 2 N–H and O–H groups in total. The average molecular weight is 224 g/mol. The quantitative estimate of drug-likeness (QED) is 0.776. The van der Waals surface area contributed by atoms with Gasteiger partial charge >= 0.3 is 0 Å². The SMILES string of the molecule is CCOc1cccnc1NCC(C)(O)CC. The van der Waals surface area contributed by atoms with E-state index in [1.807, 2.05) is 26.0 Å². The molecule has 1 unspecified atom stereocenters. The number of aromatic nitrogens is 1. The Bertz CT molecular complexity index is 327. The van der Waals surface area contributed by atoms with E-state index in [2.05, 4.69) is 10.3 Å². The first-order chi connectivity index (χ1) is 7.59. The summed E-state index contributed by atoms with van der Waals surface area (Å²) in [4.78, 5) is 4.19. The molecule has 0 aromatic carbocycles. The predicted molar refractivity (Wildman–Crippen MR) is 64.8 cm³/mol. The highest BCUT2D eigenvalue weighted by molar-refractivity contribution is 5.49. The van der Waals surface area contributed by atoms with E-state index in [0.29, 0.717) is 25.4 Å². The highest BCUT2D eigenvalue weighted by atomic mass is 16.5. The van der Waals surface area contributed by atoms with Crippen LogP contribution in [0, 0.1) is 0 Å². The summed E-state index contributed by atoms with van der Waals surface area (Å²) in [6.07, 6.45) is 2.39. The Morgan fingerprint density at radius 1 is 1.50 bits per heavy atom. The molecule has 1 rings (SSSR count). The van der Waals surface area contributed by atoms with Gasteiger partial charge in [0.15, 0.2) is 11.6 Å². The van der Waals surface area contributed by atoms with Crippen LogP contribution in [-0.2, 0) is 0 Å². The normalized spacial score (nSPS) is 14.2. The molecule has 0 aliphatic heterocycles. The van der Waals surface area contributed by atoms with E-state index in [0.717, 1.165) is 5.75 Å². The van der Waals surface area contributed by atoms with Crippen LogP contribution in [0.15, 0.2) is 18.3 Å². The maximum atomic E-state index is 9.87. The van der Waals surface area contributed by atoms with Gasteiger partial charge in [-0.3, -0.25) is 0 Å². The van der Waals surface area contributed by atoms with Crippen LogP contribution in [0.5, 0.6) is 5.75 Å². The molecular formula is C12H20N2O2. The van der Waals surface area contributed by atoms with Gasteiger partial charge in [-0.15, -0.1) is 0 Å². The fourth-order valence-electron chi connectivity index (χ4n) is 1.19. The summed E-state index contributed by atoms with van der Waals surface area (Å²) < 4.78 is 5.43. The first-order valence-corrected chi connectivity index (χ1v) is 5.63. The number of anilines is 1. The summed E-state index contributed by atoms with van der Waals surface area (Å²) in [5, 5.41) is 13.0. The molecule has 0 bridgehead atoms. The van der Waals surface area contributed by atoms with Crippen molar-refractivity contribution in [3.63, 3.8) is 0 Å². The fraction of sp³-hybridized carbons (Fsp3) is 0.583. The number of aliphatic hydroxyl groups is 1. The molecule has 16 heavy (non-hydrogen) atoms. The zero-order chi connectivity index (χ0) is 12.0. The van der Waals surface area contributed by atoms with E-state index in [1.165, 1.54) is 0 Å². The molecule has 4 nitrogen and oxygen atoms in total. The van der Waals surface area contributed by atoms with Crippen molar-refractivity contribution in [2.75, 3.05) is 18.5 Å². The third-order valence-electron chi connectivity index (χ3n) is 2.47. The standard InChI is InChI=1S/C12H20N2O2/c1-4-12(3,15)9-14-11-10(16-5-2)7-6-8-13-11/h6-8,15H,4-5,9H2,1-3H3,(H,13,14). The van der Waals surface area contributed by atoms with Crippen molar-refractivity contribution in [1.82, 2.24) is 4.98 Å². The van der Waals surface area contributed by atoms with E-state index < -0.39 is 5.60 Å². The Morgan fingerprint density at radius 2 is 2.25 bits per heavy atom. The van der Waals surface area contributed by atoms with Crippen molar-refractivity contribution in [3.05, 3.63) is 18.3 Å². The van der Waals surface area contributed by atoms with Crippen molar-refractivity contribution >= 4 is 5.82 Å². The summed E-state index contributed by atoms with van der Waals surface area (Å²) in [5.41, 5.74) is -0.721. The van der Waals surface area contributed by atoms with Gasteiger partial charge < -0.3 is 15.2 Å². The number of nitrogens with zero attached hydrogens (tertiary/aromatic N) is 1. The molecule has 1 heterocycles. The molecule has 1 aromatic heterocycles. The minimum atomic E-state index is -0.721. The summed E-state index contributed by atoms with van der Waals surface area (Å²) in [6, 6.07) is 3.69. The van der Waals surface area contributed by atoms with Gasteiger partial charge in [-0.05, 0) is 32.4 Å². The van der Waals surface area contributed by atoms with Crippen LogP contribution in [0.3, 0.4) is 0 Å². The highest BCUT2D eigenvalue weighted by Gasteiger charge is 2.17. The monoisotopic (exact) mass is 224 g/mol. The second-order valence-electron chi connectivity index (χ2n) is 3.99. The molecule has 0 spiro atoms. The minimum absolute atomic E-state index is 0.459. The molecular weight excluding hydrogens is 204 g/mol. The fourth-order valence-corrected chi connectivity index (χ4v) is 1.19. The van der Waals surface area contributed by atoms with Crippen LogP contribution >= 0.6 is 0 Å². The molecule has 0 aliphatic carbocycles. The van der Waals surface area contributed by atoms with Gasteiger partial charge in [0.25, 0.3) is 0 Å². The van der Waals surface area contributed by atoms with Crippen molar-refractivity contribution in [2.24, 2.45) is 0 Å². The van der Waals surface area contributed by atoms with Crippen LogP contribution in [0.4, 0.5) is 5.82 Å². The molecule has 0 aliphatic rings. The van der Waals surface area contributed by atoms with Crippen LogP contribution in [0.2, 0.25) is 0 Å². The number of ether oxygens (including phenoxy) is 1. The first-order valence-electron chi connectivity index (χ1n) is 5.63. The van der Waals surface area contributed by atoms with E-state index in [1.54, 1.807) is 13.1 Å². The van der Waals surface area contributed by atoms with Crippen LogP contribution in [0.25, 0.3) is 0 Å². The van der Waals surface area contributed by atoms with E-state index >= 15 is 0 Å². The molecule has 90 valence electrons. The Labute approximate surface area is 96.7 Å². The molecule has 1 atom stereocenters. The van der Waals surface area contributed by atoms with Gasteiger partial charge in [0.1, 0.15) is 0 Å². The first kappa shape index (κ1) is 12.8. The van der Waals surface area contributed by atoms with Gasteiger partial charge in [-0.1, -0.05) is 6.92 Å². The van der Waals surface area contributed by atoms with Gasteiger partial charge in [0.05, 0.1) is 12.2 Å². The van der Waals surface area contributed by atoms with Crippen molar-refractivity contribution < 1.29 is 9.84 Å². The maximum Gasteiger partial charge on any atom is 0.168 e. The highest BCUT2D eigenvalue weighted by Crippen LogP contribution is 2.21. The summed E-state index contributed by atoms with van der Waals surface area (Å²) in [6.45, 7) is 6.73. The molecule has 0 fully saturated rings. The van der Waals surface area contributed by atoms with Crippen molar-refractivity contribution in [2.45, 2.75) is 32.8 Å². The zero-order valence-electron chi connectivity index (χ0n) is 10.2. The number of hydrogen-bond acceptors (Lipinski definition) is 4. The van der Waals surface area contributed by atoms with Crippen molar-refractivity contribution in [3.8, 4) is 5.75 Å². The number of hydrogen-bond donors (Lipinski definition) is 2. The van der Waals surface area contributed by atoms with Gasteiger partial charge in [0.2, 0.25) is 0 Å². The lowest BCUT2D eigenvalue weighted by atomic mass is 10.0. The third kappa shape index (κ3) is 3.70. The number of nitrogens with one attached hydrogen (secondary N) is 1. The molecule has 0 amide bonds. The van der Waals surface area contributed by atoms with E-state index in [-0.39, 0.29) is 0 Å².